The lowest BCUT2D eigenvalue weighted by atomic mass is 9.81. The van der Waals surface area contributed by atoms with Gasteiger partial charge in [-0.1, -0.05) is 27.7 Å². The largest absolute Gasteiger partial charge is 0.478 e. The topological polar surface area (TPSA) is 83.5 Å². The number of nitrogens with one attached hydrogen (secondary N) is 1. The molecule has 0 saturated heterocycles. The summed E-state index contributed by atoms with van der Waals surface area (Å²) >= 11 is 1.87. The minimum atomic E-state index is -3.72. The van der Waals surface area contributed by atoms with Crippen molar-refractivity contribution < 1.29 is 18.3 Å². The van der Waals surface area contributed by atoms with Crippen LogP contribution in [0.3, 0.4) is 0 Å². The highest BCUT2D eigenvalue weighted by molar-refractivity contribution is 14.1. The number of halogens is 1. The summed E-state index contributed by atoms with van der Waals surface area (Å²) in [5.74, 6) is -0.828. The predicted molar refractivity (Wildman–Crippen MR) is 89.9 cm³/mol. The van der Waals surface area contributed by atoms with Crippen molar-refractivity contribution in [3.63, 3.8) is 0 Å². The molecule has 0 aliphatic heterocycles. The van der Waals surface area contributed by atoms with Crippen LogP contribution < -0.4 is 4.72 Å². The van der Waals surface area contributed by atoms with Gasteiger partial charge in [0.05, 0.1) is 10.5 Å². The molecule has 0 amide bonds. The second-order valence-electron chi connectivity index (χ2n) is 5.91. The number of hydrogen-bond acceptors (Lipinski definition) is 3. The van der Waals surface area contributed by atoms with E-state index in [1.807, 2.05) is 50.3 Å². The summed E-state index contributed by atoms with van der Waals surface area (Å²) in [5.41, 5.74) is -0.201. The molecule has 0 atom stereocenters. The number of carboxylic acid groups (broad SMARTS) is 1. The van der Waals surface area contributed by atoms with Crippen LogP contribution in [0.4, 0.5) is 0 Å². The first-order valence-electron chi connectivity index (χ1n) is 6.50. The number of sulfonamides is 1. The highest BCUT2D eigenvalue weighted by atomic mass is 127. The number of hydrogen-bond donors (Lipinski definition) is 2. The van der Waals surface area contributed by atoms with Crippen LogP contribution in [0.5, 0.6) is 0 Å². The molecule has 0 saturated carbocycles. The molecule has 0 spiro atoms. The molecule has 0 heterocycles. The fourth-order valence-corrected chi connectivity index (χ4v) is 3.22. The van der Waals surface area contributed by atoms with Gasteiger partial charge in [0.1, 0.15) is 0 Å². The molecular formula is C14H20INO4S. The van der Waals surface area contributed by atoms with Crippen molar-refractivity contribution >= 4 is 38.6 Å². The van der Waals surface area contributed by atoms with Crippen LogP contribution >= 0.6 is 22.6 Å². The van der Waals surface area contributed by atoms with Crippen LogP contribution in [0.1, 0.15) is 38.1 Å². The molecule has 1 rings (SSSR count). The second-order valence-corrected chi connectivity index (χ2v) is 8.84. The van der Waals surface area contributed by atoms with E-state index in [4.69, 9.17) is 5.11 Å². The van der Waals surface area contributed by atoms with Gasteiger partial charge in [-0.25, -0.2) is 17.9 Å². The highest BCUT2D eigenvalue weighted by Gasteiger charge is 2.26. The normalized spacial score (nSPS) is 12.7. The average Bonchev–Trinajstić information content (AvgIpc) is 2.36. The van der Waals surface area contributed by atoms with Crippen molar-refractivity contribution in [3.8, 4) is 0 Å². The first kappa shape index (κ1) is 18.4. The lowest BCUT2D eigenvalue weighted by molar-refractivity contribution is 0.0695. The third-order valence-electron chi connectivity index (χ3n) is 3.76. The molecule has 7 heteroatoms. The summed E-state index contributed by atoms with van der Waals surface area (Å²) in [4.78, 5) is 11.1. The molecule has 118 valence electrons. The van der Waals surface area contributed by atoms with Crippen molar-refractivity contribution in [1.82, 2.24) is 4.72 Å². The molecule has 5 nitrogen and oxygen atoms in total. The van der Waals surface area contributed by atoms with Crippen molar-refractivity contribution in [2.24, 2.45) is 11.3 Å². The molecule has 0 bridgehead atoms. The average molecular weight is 425 g/mol. The summed E-state index contributed by atoms with van der Waals surface area (Å²) in [6, 6.07) is 4.10. The van der Waals surface area contributed by atoms with Gasteiger partial charge in [-0.15, -0.1) is 0 Å². The van der Waals surface area contributed by atoms with E-state index in [0.717, 1.165) is 0 Å². The molecule has 1 aromatic rings. The molecule has 0 aromatic heterocycles. The van der Waals surface area contributed by atoms with E-state index in [2.05, 4.69) is 4.72 Å². The Hall–Kier alpha value is -0.670. The van der Waals surface area contributed by atoms with Gasteiger partial charge in [0.2, 0.25) is 10.0 Å². The summed E-state index contributed by atoms with van der Waals surface area (Å²) in [6.45, 7) is 8.32. The summed E-state index contributed by atoms with van der Waals surface area (Å²) in [5, 5.41) is 9.07. The molecular weight excluding hydrogens is 405 g/mol. The van der Waals surface area contributed by atoms with Gasteiger partial charge in [0.25, 0.3) is 0 Å². The molecule has 1 aromatic carbocycles. The standard InChI is InChI=1S/C14H20INO4S/c1-9(2)14(3,4)8-16-21(19,20)10-5-6-12(15)11(7-10)13(17)18/h5-7,9,16H,8H2,1-4H3,(H,17,18). The van der Waals surface area contributed by atoms with Crippen molar-refractivity contribution in [1.29, 1.82) is 0 Å². The quantitative estimate of drug-likeness (QED) is 0.687. The molecule has 21 heavy (non-hydrogen) atoms. The highest BCUT2D eigenvalue weighted by Crippen LogP contribution is 2.26. The van der Waals surface area contributed by atoms with Gasteiger partial charge in [-0.2, -0.15) is 0 Å². The molecule has 2 N–H and O–H groups in total. The van der Waals surface area contributed by atoms with Crippen LogP contribution in [0.25, 0.3) is 0 Å². The van der Waals surface area contributed by atoms with Crippen LogP contribution in [-0.2, 0) is 10.0 Å². The molecule has 0 radical (unpaired) electrons. The van der Waals surface area contributed by atoms with Gasteiger partial charge >= 0.3 is 5.97 Å². The SMILES string of the molecule is CC(C)C(C)(C)CNS(=O)(=O)c1ccc(I)c(C(=O)O)c1. The lowest BCUT2D eigenvalue weighted by Crippen LogP contribution is -2.37. The van der Waals surface area contributed by atoms with Crippen LogP contribution in [0, 0.1) is 14.9 Å². The van der Waals surface area contributed by atoms with E-state index in [1.54, 1.807) is 0 Å². The van der Waals surface area contributed by atoms with E-state index < -0.39 is 16.0 Å². The minimum Gasteiger partial charge on any atom is -0.478 e. The Morgan fingerprint density at radius 3 is 2.43 bits per heavy atom. The summed E-state index contributed by atoms with van der Waals surface area (Å²) in [6.07, 6.45) is 0. The first-order valence-corrected chi connectivity index (χ1v) is 9.06. The number of rotatable bonds is 6. The Morgan fingerprint density at radius 2 is 1.95 bits per heavy atom. The molecule has 0 fully saturated rings. The predicted octanol–water partition coefficient (Wildman–Crippen LogP) is 2.95. The van der Waals surface area contributed by atoms with E-state index in [9.17, 15) is 13.2 Å². The van der Waals surface area contributed by atoms with E-state index >= 15 is 0 Å². The molecule has 0 aliphatic carbocycles. The lowest BCUT2D eigenvalue weighted by Gasteiger charge is -2.29. The Balaban J connectivity index is 3.04. The van der Waals surface area contributed by atoms with Crippen LogP contribution in [0.15, 0.2) is 23.1 Å². The summed E-state index contributed by atoms with van der Waals surface area (Å²) < 4.78 is 27.6. The Kier molecular flexibility index (Phi) is 5.79. The number of carboxylic acids is 1. The maximum absolute atomic E-state index is 12.3. The minimum absolute atomic E-state index is 0.0124. The van der Waals surface area contributed by atoms with E-state index in [1.165, 1.54) is 18.2 Å². The number of aromatic carboxylic acids is 1. The van der Waals surface area contributed by atoms with Crippen molar-refractivity contribution in [2.45, 2.75) is 32.6 Å². The number of carbonyl (C=O) groups is 1. The Bertz CT molecular complexity index is 638. The maximum atomic E-state index is 12.3. The van der Waals surface area contributed by atoms with Gasteiger partial charge < -0.3 is 5.11 Å². The van der Waals surface area contributed by atoms with E-state index in [0.29, 0.717) is 16.0 Å². The zero-order valence-electron chi connectivity index (χ0n) is 12.5. The zero-order valence-corrected chi connectivity index (χ0v) is 15.4. The monoisotopic (exact) mass is 425 g/mol. The zero-order chi connectivity index (χ0) is 16.4. The summed E-state index contributed by atoms with van der Waals surface area (Å²) in [7, 11) is -3.72. The molecule has 0 unspecified atom stereocenters. The van der Waals surface area contributed by atoms with Crippen molar-refractivity contribution in [2.75, 3.05) is 6.54 Å². The van der Waals surface area contributed by atoms with E-state index in [-0.39, 0.29) is 15.9 Å². The third kappa shape index (κ3) is 4.65. The fraction of sp³-hybridized carbons (Fsp3) is 0.500. The maximum Gasteiger partial charge on any atom is 0.336 e. The van der Waals surface area contributed by atoms with Gasteiger partial charge in [-0.3, -0.25) is 0 Å². The number of benzene rings is 1. The van der Waals surface area contributed by atoms with Gasteiger partial charge in [0, 0.05) is 10.1 Å². The fourth-order valence-electron chi connectivity index (χ4n) is 1.40. The van der Waals surface area contributed by atoms with Gasteiger partial charge in [-0.05, 0) is 52.1 Å². The first-order chi connectivity index (χ1) is 9.47. The Labute approximate surface area is 139 Å². The van der Waals surface area contributed by atoms with Gasteiger partial charge in [0.15, 0.2) is 0 Å². The smallest absolute Gasteiger partial charge is 0.336 e. The van der Waals surface area contributed by atoms with Crippen LogP contribution in [0.2, 0.25) is 0 Å². The Morgan fingerprint density at radius 1 is 1.38 bits per heavy atom. The second kappa shape index (κ2) is 6.62. The third-order valence-corrected chi connectivity index (χ3v) is 6.10. The molecule has 0 aliphatic rings. The van der Waals surface area contributed by atoms with Crippen molar-refractivity contribution in [3.05, 3.63) is 27.3 Å². The van der Waals surface area contributed by atoms with Crippen LogP contribution in [-0.4, -0.2) is 26.0 Å².